The molecule has 1 amide bonds. The lowest BCUT2D eigenvalue weighted by Gasteiger charge is -2.10. The van der Waals surface area contributed by atoms with Crippen LogP contribution < -0.4 is 5.32 Å². The van der Waals surface area contributed by atoms with Crippen LogP contribution in [0.1, 0.15) is 27.4 Å². The van der Waals surface area contributed by atoms with Crippen LogP contribution in [0.4, 0.5) is 14.6 Å². The number of nitrogens with one attached hydrogen (secondary N) is 1. The van der Waals surface area contributed by atoms with Crippen LogP contribution >= 0.6 is 50.7 Å². The Kier molecular flexibility index (Phi) is 6.15. The zero-order valence-electron chi connectivity index (χ0n) is 16.1. The summed E-state index contributed by atoms with van der Waals surface area (Å²) < 4.78 is 30.4. The van der Waals surface area contributed by atoms with Gasteiger partial charge in [-0.15, -0.1) is 0 Å². The molecule has 0 saturated carbocycles. The van der Waals surface area contributed by atoms with Gasteiger partial charge >= 0.3 is 5.38 Å². The van der Waals surface area contributed by atoms with Gasteiger partial charge < -0.3 is 5.32 Å². The first-order valence-corrected chi connectivity index (χ1v) is 10.9. The third-order valence-electron chi connectivity index (χ3n) is 4.37. The first-order valence-electron chi connectivity index (χ1n) is 8.94. The van der Waals surface area contributed by atoms with Gasteiger partial charge in [0, 0.05) is 28.0 Å². The first-order chi connectivity index (χ1) is 15.0. The number of amides is 1. The number of hydrogen-bond donors (Lipinski definition) is 1. The highest BCUT2D eigenvalue weighted by atomic mass is 79.9. The van der Waals surface area contributed by atoms with Gasteiger partial charge in [0.25, 0.3) is 5.91 Å². The van der Waals surface area contributed by atoms with Gasteiger partial charge in [0.2, 0.25) is 0 Å². The van der Waals surface area contributed by atoms with Crippen LogP contribution in [0.3, 0.4) is 0 Å². The summed E-state index contributed by atoms with van der Waals surface area (Å²) >= 11 is 20.6. The standard InChI is InChI=1S/C19H12BrCl3F2N6O/c1-9-4-15(19(23,24)25)31-16(26-9)6-14(28-31)18(32)27-17-12(20)8-30(29-17)7-10-2-3-11(21)5-13(10)22/h2-6,8H,7H2,1H3,(H,27,29,32). The summed E-state index contributed by atoms with van der Waals surface area (Å²) in [6, 6.07) is 7.50. The smallest absolute Gasteiger partial charge is 0.303 e. The van der Waals surface area contributed by atoms with Crippen LogP contribution in [0, 0.1) is 6.92 Å². The predicted octanol–water partition coefficient (Wildman–Crippen LogP) is 5.89. The summed E-state index contributed by atoms with van der Waals surface area (Å²) in [4.78, 5) is 16.8. The van der Waals surface area contributed by atoms with E-state index >= 15 is 0 Å². The Hall–Kier alpha value is -2.27. The molecule has 4 aromatic rings. The van der Waals surface area contributed by atoms with Crippen molar-refractivity contribution in [2.24, 2.45) is 0 Å². The van der Waals surface area contributed by atoms with Crippen molar-refractivity contribution in [1.29, 1.82) is 0 Å². The van der Waals surface area contributed by atoms with Crippen molar-refractivity contribution >= 4 is 68.1 Å². The molecule has 0 atom stereocenters. The number of halogens is 6. The van der Waals surface area contributed by atoms with Crippen LogP contribution in [0.2, 0.25) is 10.0 Å². The molecule has 3 heterocycles. The Morgan fingerprint density at radius 3 is 2.66 bits per heavy atom. The Balaban J connectivity index is 1.59. The summed E-state index contributed by atoms with van der Waals surface area (Å²) in [6.07, 6.45) is 1.65. The minimum atomic E-state index is -3.68. The maximum Gasteiger partial charge on any atom is 0.364 e. The Bertz CT molecular complexity index is 1350. The van der Waals surface area contributed by atoms with E-state index in [0.717, 1.165) is 16.1 Å². The van der Waals surface area contributed by atoms with E-state index in [1.54, 1.807) is 29.1 Å². The molecule has 0 radical (unpaired) electrons. The van der Waals surface area contributed by atoms with Crippen LogP contribution in [0.25, 0.3) is 5.65 Å². The molecule has 0 fully saturated rings. The molecular weight excluding hydrogens is 553 g/mol. The molecular formula is C19H12BrCl3F2N6O. The third kappa shape index (κ3) is 4.73. The van der Waals surface area contributed by atoms with Gasteiger partial charge in [0.1, 0.15) is 5.69 Å². The fourth-order valence-electron chi connectivity index (χ4n) is 2.97. The highest BCUT2D eigenvalue weighted by Crippen LogP contribution is 2.33. The molecule has 13 heteroatoms. The second kappa shape index (κ2) is 8.58. The molecule has 0 aliphatic carbocycles. The summed E-state index contributed by atoms with van der Waals surface area (Å²) in [5.74, 6) is -0.448. The molecule has 32 heavy (non-hydrogen) atoms. The summed E-state index contributed by atoms with van der Waals surface area (Å²) in [5, 5.41) is 8.16. The summed E-state index contributed by atoms with van der Waals surface area (Å²) in [7, 11) is 0. The van der Waals surface area contributed by atoms with E-state index in [1.807, 2.05) is 0 Å². The minimum Gasteiger partial charge on any atom is -0.303 e. The number of alkyl halides is 3. The lowest BCUT2D eigenvalue weighted by Crippen LogP contribution is -2.16. The Morgan fingerprint density at radius 2 is 1.97 bits per heavy atom. The fourth-order valence-corrected chi connectivity index (χ4v) is 3.99. The molecule has 1 aromatic carbocycles. The van der Waals surface area contributed by atoms with Crippen molar-refractivity contribution in [3.8, 4) is 0 Å². The number of rotatable bonds is 5. The highest BCUT2D eigenvalue weighted by Gasteiger charge is 2.32. The van der Waals surface area contributed by atoms with E-state index in [-0.39, 0.29) is 17.2 Å². The van der Waals surface area contributed by atoms with Crippen LogP contribution in [0.5, 0.6) is 0 Å². The molecule has 0 spiro atoms. The van der Waals surface area contributed by atoms with E-state index in [0.29, 0.717) is 26.8 Å². The largest absolute Gasteiger partial charge is 0.364 e. The number of hydrogen-bond acceptors (Lipinski definition) is 4. The highest BCUT2D eigenvalue weighted by molar-refractivity contribution is 9.10. The second-order valence-electron chi connectivity index (χ2n) is 6.79. The van der Waals surface area contributed by atoms with E-state index in [1.165, 1.54) is 13.0 Å². The fraction of sp³-hybridized carbons (Fsp3) is 0.158. The monoisotopic (exact) mass is 562 g/mol. The number of fused-ring (bicyclic) bond motifs is 1. The molecule has 0 aliphatic rings. The average Bonchev–Trinajstić information content (AvgIpc) is 3.26. The number of anilines is 1. The van der Waals surface area contributed by atoms with Gasteiger partial charge in [0.05, 0.1) is 11.0 Å². The minimum absolute atomic E-state index is 0.0625. The first kappa shape index (κ1) is 22.9. The van der Waals surface area contributed by atoms with Gasteiger partial charge in [-0.25, -0.2) is 9.50 Å². The molecule has 3 aromatic heterocycles. The zero-order valence-corrected chi connectivity index (χ0v) is 19.9. The summed E-state index contributed by atoms with van der Waals surface area (Å²) in [6.45, 7) is 1.87. The van der Waals surface area contributed by atoms with Crippen molar-refractivity contribution in [2.45, 2.75) is 18.9 Å². The molecule has 0 unspecified atom stereocenters. The molecule has 4 rings (SSSR count). The van der Waals surface area contributed by atoms with Gasteiger partial charge in [0.15, 0.2) is 17.2 Å². The molecule has 1 N–H and O–H groups in total. The van der Waals surface area contributed by atoms with Crippen LogP contribution in [-0.4, -0.2) is 30.3 Å². The zero-order chi connectivity index (χ0) is 23.2. The number of aromatic nitrogens is 5. The van der Waals surface area contributed by atoms with Gasteiger partial charge in [-0.05, 0) is 58.2 Å². The maximum absolute atomic E-state index is 13.7. The quantitative estimate of drug-likeness (QED) is 0.307. The maximum atomic E-state index is 13.7. The molecule has 7 nitrogen and oxygen atoms in total. The van der Waals surface area contributed by atoms with Crippen LogP contribution in [-0.2, 0) is 11.9 Å². The van der Waals surface area contributed by atoms with Gasteiger partial charge in [-0.1, -0.05) is 29.3 Å². The summed E-state index contributed by atoms with van der Waals surface area (Å²) in [5.41, 5.74) is 0.424. The topological polar surface area (TPSA) is 77.1 Å². The molecule has 0 aliphatic heterocycles. The molecule has 0 bridgehead atoms. The Morgan fingerprint density at radius 1 is 1.22 bits per heavy atom. The van der Waals surface area contributed by atoms with Gasteiger partial charge in [-0.3, -0.25) is 9.48 Å². The molecule has 166 valence electrons. The van der Waals surface area contributed by atoms with E-state index < -0.39 is 17.0 Å². The van der Waals surface area contributed by atoms with Crippen molar-refractivity contribution < 1.29 is 13.6 Å². The van der Waals surface area contributed by atoms with E-state index in [9.17, 15) is 13.6 Å². The lowest BCUT2D eigenvalue weighted by atomic mass is 10.2. The number of aryl methyl sites for hydroxylation is 1. The third-order valence-corrected chi connectivity index (χ3v) is 5.74. The van der Waals surface area contributed by atoms with Crippen molar-refractivity contribution in [1.82, 2.24) is 24.4 Å². The van der Waals surface area contributed by atoms with E-state index in [4.69, 9.17) is 34.8 Å². The average molecular weight is 565 g/mol. The van der Waals surface area contributed by atoms with Crippen molar-refractivity contribution in [3.05, 3.63) is 73.7 Å². The van der Waals surface area contributed by atoms with Crippen molar-refractivity contribution in [2.75, 3.05) is 5.32 Å². The van der Waals surface area contributed by atoms with Crippen LogP contribution in [0.15, 0.2) is 41.0 Å². The number of carbonyl (C=O) groups is 1. The molecule has 0 saturated heterocycles. The van der Waals surface area contributed by atoms with Crippen molar-refractivity contribution in [3.63, 3.8) is 0 Å². The lowest BCUT2D eigenvalue weighted by molar-refractivity contribution is 0.0868. The Labute approximate surface area is 203 Å². The number of carbonyl (C=O) groups excluding carboxylic acids is 1. The number of benzene rings is 1. The SMILES string of the molecule is Cc1cc(C(F)(F)Cl)n2nc(C(=O)Nc3nn(Cc4ccc(Cl)cc4Cl)cc3Br)cc2n1. The van der Waals surface area contributed by atoms with E-state index in [2.05, 4.69) is 36.4 Å². The normalized spacial score (nSPS) is 11.8. The number of nitrogens with zero attached hydrogens (tertiary/aromatic N) is 5. The van der Waals surface area contributed by atoms with Gasteiger partial charge in [-0.2, -0.15) is 19.0 Å². The second-order valence-corrected chi connectivity index (χ2v) is 8.97. The predicted molar refractivity (Wildman–Crippen MR) is 121 cm³/mol.